The Morgan fingerprint density at radius 1 is 1.10 bits per heavy atom. The molecule has 2 saturated heterocycles. The molecule has 0 saturated carbocycles. The Bertz CT molecular complexity index is 902. The van der Waals surface area contributed by atoms with Crippen LogP contribution in [0.4, 0.5) is 5.69 Å². The largest absolute Gasteiger partial charge is 0.341 e. The molecule has 0 radical (unpaired) electrons. The normalized spacial score (nSPS) is 23.4. The van der Waals surface area contributed by atoms with Gasteiger partial charge >= 0.3 is 0 Å². The third-order valence-corrected chi connectivity index (χ3v) is 6.91. The first-order valence-electron chi connectivity index (χ1n) is 10.6. The summed E-state index contributed by atoms with van der Waals surface area (Å²) in [5.41, 5.74) is 1.46. The number of carbonyl (C=O) groups is 2. The van der Waals surface area contributed by atoms with Crippen LogP contribution in [0.5, 0.6) is 0 Å². The van der Waals surface area contributed by atoms with E-state index in [1.165, 1.54) is 0 Å². The quantitative estimate of drug-likeness (QED) is 0.785. The number of hydrogen-bond acceptors (Lipinski definition) is 4. The Morgan fingerprint density at radius 2 is 1.83 bits per heavy atom. The average Bonchev–Trinajstić information content (AvgIpc) is 3.41. The number of halogens is 1. The summed E-state index contributed by atoms with van der Waals surface area (Å²) in [5.74, 6) is 0.457. The van der Waals surface area contributed by atoms with Gasteiger partial charge in [0.1, 0.15) is 5.54 Å². The number of piperidine rings is 2. The van der Waals surface area contributed by atoms with Crippen molar-refractivity contribution < 1.29 is 9.59 Å². The summed E-state index contributed by atoms with van der Waals surface area (Å²) in [6, 6.07) is 9.86. The summed E-state index contributed by atoms with van der Waals surface area (Å²) in [4.78, 5) is 28.2. The van der Waals surface area contributed by atoms with Gasteiger partial charge in [-0.25, -0.2) is 0 Å². The zero-order valence-corrected chi connectivity index (χ0v) is 17.7. The Balaban J connectivity index is 0.00000218. The average molecular weight is 430 g/mol. The monoisotopic (exact) mass is 429 g/mol. The minimum absolute atomic E-state index is 0. The standard InChI is InChI=1S/C22H27N5O2.ClH/c28-20-19(17-4-1-2-5-18(17)25-20)16-6-14-26(15-7-16)21(29)22(8-11-23-12-9-22)27-13-3-10-24-27;/h1-5,10,13,16,19,23H,6-9,11-12,14-15H2,(H,25,28);1H. The van der Waals surface area contributed by atoms with Crippen LogP contribution >= 0.6 is 12.4 Å². The second-order valence-corrected chi connectivity index (χ2v) is 8.42. The summed E-state index contributed by atoms with van der Waals surface area (Å²) >= 11 is 0. The Kier molecular flexibility index (Phi) is 5.84. The van der Waals surface area contributed by atoms with Crippen molar-refractivity contribution in [2.24, 2.45) is 5.92 Å². The molecule has 8 heteroatoms. The number of aromatic nitrogens is 2. The molecule has 1 aromatic carbocycles. The molecular weight excluding hydrogens is 402 g/mol. The van der Waals surface area contributed by atoms with Crippen LogP contribution < -0.4 is 10.6 Å². The molecule has 1 atom stereocenters. The SMILES string of the molecule is Cl.O=C1Nc2ccccc2C1C1CCN(C(=O)C2(n3cccn3)CCNCC2)CC1. The molecule has 1 unspecified atom stereocenters. The predicted octanol–water partition coefficient (Wildman–Crippen LogP) is 2.36. The summed E-state index contributed by atoms with van der Waals surface area (Å²) in [5, 5.41) is 10.8. The fraction of sp³-hybridized carbons (Fsp3) is 0.500. The lowest BCUT2D eigenvalue weighted by atomic mass is 9.79. The number of carbonyl (C=O) groups excluding carboxylic acids is 2. The lowest BCUT2D eigenvalue weighted by molar-refractivity contribution is -0.144. The topological polar surface area (TPSA) is 79.3 Å². The number of benzene rings is 1. The molecule has 7 nitrogen and oxygen atoms in total. The van der Waals surface area contributed by atoms with Gasteiger partial charge in [-0.3, -0.25) is 14.3 Å². The van der Waals surface area contributed by atoms with Crippen molar-refractivity contribution in [2.45, 2.75) is 37.1 Å². The highest BCUT2D eigenvalue weighted by atomic mass is 35.5. The van der Waals surface area contributed by atoms with E-state index >= 15 is 0 Å². The molecule has 0 spiro atoms. The second-order valence-electron chi connectivity index (χ2n) is 8.42. The molecule has 0 bridgehead atoms. The molecule has 160 valence electrons. The van der Waals surface area contributed by atoms with E-state index < -0.39 is 5.54 Å². The predicted molar refractivity (Wildman–Crippen MR) is 117 cm³/mol. The van der Waals surface area contributed by atoms with Crippen molar-refractivity contribution in [1.29, 1.82) is 0 Å². The van der Waals surface area contributed by atoms with Crippen LogP contribution in [0.2, 0.25) is 0 Å². The summed E-state index contributed by atoms with van der Waals surface area (Å²) < 4.78 is 1.86. The van der Waals surface area contributed by atoms with Crippen LogP contribution in [0.25, 0.3) is 0 Å². The van der Waals surface area contributed by atoms with Crippen LogP contribution in [0.3, 0.4) is 0 Å². The van der Waals surface area contributed by atoms with Gasteiger partial charge in [-0.05, 0) is 62.4 Å². The number of hydrogen-bond donors (Lipinski definition) is 2. The minimum atomic E-state index is -0.584. The molecule has 2 amide bonds. The van der Waals surface area contributed by atoms with Gasteiger partial charge in [0.2, 0.25) is 5.91 Å². The van der Waals surface area contributed by atoms with E-state index in [0.29, 0.717) is 13.1 Å². The van der Waals surface area contributed by atoms with Crippen molar-refractivity contribution in [3.05, 3.63) is 48.3 Å². The summed E-state index contributed by atoms with van der Waals surface area (Å²) in [6.07, 6.45) is 6.88. The summed E-state index contributed by atoms with van der Waals surface area (Å²) in [7, 11) is 0. The van der Waals surface area contributed by atoms with Crippen LogP contribution in [-0.2, 0) is 15.1 Å². The molecule has 3 aliphatic heterocycles. The number of rotatable bonds is 3. The number of amides is 2. The highest BCUT2D eigenvalue weighted by molar-refractivity contribution is 6.03. The fourth-order valence-electron chi connectivity index (χ4n) is 5.34. The van der Waals surface area contributed by atoms with E-state index in [1.54, 1.807) is 6.20 Å². The lowest BCUT2D eigenvalue weighted by Gasteiger charge is -2.42. The van der Waals surface area contributed by atoms with E-state index in [0.717, 1.165) is 50.0 Å². The van der Waals surface area contributed by atoms with E-state index in [1.807, 2.05) is 40.0 Å². The number of anilines is 1. The maximum Gasteiger partial charge on any atom is 0.250 e. The van der Waals surface area contributed by atoms with E-state index in [9.17, 15) is 9.59 Å². The van der Waals surface area contributed by atoms with Gasteiger partial charge in [0.05, 0.1) is 5.92 Å². The minimum Gasteiger partial charge on any atom is -0.341 e. The van der Waals surface area contributed by atoms with Crippen LogP contribution in [0, 0.1) is 5.92 Å². The maximum absolute atomic E-state index is 13.6. The zero-order chi connectivity index (χ0) is 19.8. The molecule has 2 aromatic rings. The Morgan fingerprint density at radius 3 is 2.53 bits per heavy atom. The van der Waals surface area contributed by atoms with Crippen molar-refractivity contribution in [2.75, 3.05) is 31.5 Å². The number of fused-ring (bicyclic) bond motifs is 1. The van der Waals surface area contributed by atoms with Crippen molar-refractivity contribution >= 4 is 29.9 Å². The first-order chi connectivity index (χ1) is 14.2. The first-order valence-corrected chi connectivity index (χ1v) is 10.6. The van der Waals surface area contributed by atoms with Gasteiger partial charge in [0.15, 0.2) is 0 Å². The van der Waals surface area contributed by atoms with Gasteiger partial charge in [-0.15, -0.1) is 12.4 Å². The molecule has 0 aliphatic carbocycles. The van der Waals surface area contributed by atoms with Crippen LogP contribution in [0.15, 0.2) is 42.7 Å². The van der Waals surface area contributed by atoms with Crippen molar-refractivity contribution in [1.82, 2.24) is 20.0 Å². The van der Waals surface area contributed by atoms with E-state index in [-0.39, 0.29) is 36.1 Å². The van der Waals surface area contributed by atoms with Crippen LogP contribution in [0.1, 0.15) is 37.2 Å². The highest BCUT2D eigenvalue weighted by Crippen LogP contribution is 2.42. The number of likely N-dealkylation sites (tertiary alicyclic amines) is 1. The van der Waals surface area contributed by atoms with Gasteiger partial charge in [0.25, 0.3) is 5.91 Å². The number of nitrogens with zero attached hydrogens (tertiary/aromatic N) is 3. The van der Waals surface area contributed by atoms with Gasteiger partial charge in [-0.1, -0.05) is 18.2 Å². The molecule has 1 aromatic heterocycles. The Labute approximate surface area is 182 Å². The maximum atomic E-state index is 13.6. The molecule has 4 heterocycles. The molecular formula is C22H28ClN5O2. The number of para-hydroxylation sites is 1. The molecule has 3 aliphatic rings. The van der Waals surface area contributed by atoms with E-state index in [2.05, 4.69) is 21.8 Å². The highest BCUT2D eigenvalue weighted by Gasteiger charge is 2.46. The molecule has 2 N–H and O–H groups in total. The summed E-state index contributed by atoms with van der Waals surface area (Å²) in [6.45, 7) is 3.04. The van der Waals surface area contributed by atoms with Crippen LogP contribution in [-0.4, -0.2) is 52.7 Å². The van der Waals surface area contributed by atoms with E-state index in [4.69, 9.17) is 0 Å². The van der Waals surface area contributed by atoms with Gasteiger partial charge < -0.3 is 15.5 Å². The number of nitrogens with one attached hydrogen (secondary N) is 2. The Hall–Kier alpha value is -2.38. The van der Waals surface area contributed by atoms with Gasteiger partial charge in [-0.2, -0.15) is 5.10 Å². The second kappa shape index (κ2) is 8.40. The molecule has 2 fully saturated rings. The van der Waals surface area contributed by atoms with Crippen molar-refractivity contribution in [3.8, 4) is 0 Å². The van der Waals surface area contributed by atoms with Gasteiger partial charge in [0, 0.05) is 31.2 Å². The van der Waals surface area contributed by atoms with Crippen molar-refractivity contribution in [3.63, 3.8) is 0 Å². The third kappa shape index (κ3) is 3.40. The molecule has 30 heavy (non-hydrogen) atoms. The third-order valence-electron chi connectivity index (χ3n) is 6.91. The lowest BCUT2D eigenvalue weighted by Crippen LogP contribution is -2.57. The fourth-order valence-corrected chi connectivity index (χ4v) is 5.34. The first kappa shape index (κ1) is 20.9. The smallest absolute Gasteiger partial charge is 0.250 e. The molecule has 5 rings (SSSR count). The zero-order valence-electron chi connectivity index (χ0n) is 16.9.